The zero-order valence-corrected chi connectivity index (χ0v) is 18.6. The molecule has 2 aliphatic heterocycles. The number of carbonyl (C=O) groups is 1. The van der Waals surface area contributed by atoms with Crippen LogP contribution in [0, 0.1) is 0 Å². The van der Waals surface area contributed by atoms with E-state index in [0.717, 1.165) is 12.0 Å². The second kappa shape index (κ2) is 7.69. The normalized spacial score (nSPS) is 24.1. The van der Waals surface area contributed by atoms with Gasteiger partial charge < -0.3 is 9.47 Å². The fraction of sp³-hybridized carbons (Fsp3) is 0.409. The second-order valence-electron chi connectivity index (χ2n) is 8.11. The van der Waals surface area contributed by atoms with E-state index in [9.17, 15) is 13.2 Å². The molecule has 2 saturated heterocycles. The minimum Gasteiger partial charge on any atom is -0.495 e. The number of rotatable bonds is 4. The number of carbonyl (C=O) groups excluding carboxylic acids is 1. The molecule has 9 heteroatoms. The highest BCUT2D eigenvalue weighted by Crippen LogP contribution is 2.45. The van der Waals surface area contributed by atoms with Crippen molar-refractivity contribution in [3.05, 3.63) is 58.6 Å². The minimum atomic E-state index is -3.76. The molecule has 0 radical (unpaired) electrons. The standard InChI is InChI=1S/C22H23ClN2O5S/c1-29-18-7-6-15(23)13-20(18)31(27,28)24-10-8-16(9-11-24)25-21-17-5-3-2-4-14(17)12-19(21)30-22(25)26/h2-7,13,16,19,21H,8-12H2,1H3. The summed E-state index contributed by atoms with van der Waals surface area (Å²) in [7, 11) is -2.33. The van der Waals surface area contributed by atoms with E-state index in [4.69, 9.17) is 21.1 Å². The lowest BCUT2D eigenvalue weighted by Crippen LogP contribution is -2.47. The molecule has 3 aliphatic rings. The Balaban J connectivity index is 1.35. The Bertz CT molecular complexity index is 1130. The molecule has 5 rings (SSSR count). The van der Waals surface area contributed by atoms with Gasteiger partial charge in [0.15, 0.2) is 0 Å². The van der Waals surface area contributed by atoms with Crippen molar-refractivity contribution in [3.63, 3.8) is 0 Å². The van der Waals surface area contributed by atoms with E-state index in [2.05, 4.69) is 12.1 Å². The van der Waals surface area contributed by atoms with Crippen LogP contribution in [0.1, 0.15) is 30.0 Å². The second-order valence-corrected chi connectivity index (χ2v) is 10.5. The molecule has 1 amide bonds. The molecule has 2 atom stereocenters. The maximum Gasteiger partial charge on any atom is 0.411 e. The summed E-state index contributed by atoms with van der Waals surface area (Å²) >= 11 is 6.04. The van der Waals surface area contributed by atoms with Crippen LogP contribution in [0.4, 0.5) is 4.79 Å². The van der Waals surface area contributed by atoms with Gasteiger partial charge in [-0.05, 0) is 42.2 Å². The van der Waals surface area contributed by atoms with Crippen molar-refractivity contribution in [2.24, 2.45) is 0 Å². The maximum absolute atomic E-state index is 13.2. The summed E-state index contributed by atoms with van der Waals surface area (Å²) < 4.78 is 38.8. The van der Waals surface area contributed by atoms with Crippen molar-refractivity contribution in [1.29, 1.82) is 0 Å². The number of amides is 1. The van der Waals surface area contributed by atoms with E-state index in [0.29, 0.717) is 31.0 Å². The van der Waals surface area contributed by atoms with E-state index in [1.807, 2.05) is 17.0 Å². The van der Waals surface area contributed by atoms with Crippen LogP contribution in [0.25, 0.3) is 0 Å². The number of ether oxygens (including phenoxy) is 2. The molecule has 0 bridgehead atoms. The van der Waals surface area contributed by atoms with Crippen LogP contribution in [0.5, 0.6) is 5.75 Å². The Morgan fingerprint density at radius 3 is 2.61 bits per heavy atom. The third kappa shape index (κ3) is 3.37. The molecular weight excluding hydrogens is 440 g/mol. The van der Waals surface area contributed by atoms with Gasteiger partial charge in [-0.3, -0.25) is 4.90 Å². The molecule has 164 valence electrons. The van der Waals surface area contributed by atoms with Gasteiger partial charge in [-0.2, -0.15) is 4.31 Å². The third-order valence-corrected chi connectivity index (χ3v) is 8.62. The van der Waals surface area contributed by atoms with Gasteiger partial charge in [0, 0.05) is 30.6 Å². The van der Waals surface area contributed by atoms with Crippen LogP contribution in [-0.2, 0) is 21.2 Å². The summed E-state index contributed by atoms with van der Waals surface area (Å²) in [6.45, 7) is 0.622. The molecule has 2 aromatic rings. The molecule has 2 unspecified atom stereocenters. The van der Waals surface area contributed by atoms with E-state index < -0.39 is 10.0 Å². The van der Waals surface area contributed by atoms with Crippen LogP contribution in [-0.4, -0.2) is 56.1 Å². The van der Waals surface area contributed by atoms with Crippen molar-refractivity contribution in [3.8, 4) is 5.75 Å². The highest BCUT2D eigenvalue weighted by molar-refractivity contribution is 7.89. The maximum atomic E-state index is 13.2. The quantitative estimate of drug-likeness (QED) is 0.693. The molecule has 2 aromatic carbocycles. The first kappa shape index (κ1) is 20.6. The lowest BCUT2D eigenvalue weighted by atomic mass is 10.00. The fourth-order valence-corrected chi connectivity index (χ4v) is 6.89. The van der Waals surface area contributed by atoms with Crippen LogP contribution < -0.4 is 4.74 Å². The first-order valence-electron chi connectivity index (χ1n) is 10.3. The summed E-state index contributed by atoms with van der Waals surface area (Å²) in [5.74, 6) is 0.264. The van der Waals surface area contributed by atoms with Crippen molar-refractivity contribution in [2.75, 3.05) is 20.2 Å². The summed E-state index contributed by atoms with van der Waals surface area (Å²) in [4.78, 5) is 14.6. The SMILES string of the molecule is COc1ccc(Cl)cc1S(=O)(=O)N1CCC(N2C(=O)OC3Cc4ccccc4C32)CC1. The number of piperidine rings is 1. The third-order valence-electron chi connectivity index (χ3n) is 6.47. The first-order valence-corrected chi connectivity index (χ1v) is 12.1. The van der Waals surface area contributed by atoms with E-state index in [1.165, 1.54) is 23.0 Å². The molecule has 31 heavy (non-hydrogen) atoms. The number of methoxy groups -OCH3 is 1. The molecule has 0 spiro atoms. The number of halogens is 1. The van der Waals surface area contributed by atoms with Gasteiger partial charge in [0.2, 0.25) is 10.0 Å². The highest BCUT2D eigenvalue weighted by Gasteiger charge is 2.50. The highest BCUT2D eigenvalue weighted by atomic mass is 35.5. The molecule has 0 N–H and O–H groups in total. The van der Waals surface area contributed by atoms with Crippen LogP contribution in [0.3, 0.4) is 0 Å². The van der Waals surface area contributed by atoms with E-state index in [-0.39, 0.29) is 34.9 Å². The largest absolute Gasteiger partial charge is 0.495 e. The van der Waals surface area contributed by atoms with Crippen molar-refractivity contribution < 1.29 is 22.7 Å². The monoisotopic (exact) mass is 462 g/mol. The number of hydrogen-bond acceptors (Lipinski definition) is 5. The minimum absolute atomic E-state index is 0.0614. The van der Waals surface area contributed by atoms with Crippen LogP contribution >= 0.6 is 11.6 Å². The van der Waals surface area contributed by atoms with Crippen molar-refractivity contribution in [1.82, 2.24) is 9.21 Å². The average molecular weight is 463 g/mol. The van der Waals surface area contributed by atoms with Crippen molar-refractivity contribution >= 4 is 27.7 Å². The van der Waals surface area contributed by atoms with E-state index in [1.54, 1.807) is 12.1 Å². The summed E-state index contributed by atoms with van der Waals surface area (Å²) in [6.07, 6.45) is 1.35. The van der Waals surface area contributed by atoms with Gasteiger partial charge in [-0.1, -0.05) is 35.9 Å². The zero-order chi connectivity index (χ0) is 21.8. The smallest absolute Gasteiger partial charge is 0.411 e. The van der Waals surface area contributed by atoms with Gasteiger partial charge in [0.25, 0.3) is 0 Å². The number of hydrogen-bond donors (Lipinski definition) is 0. The number of fused-ring (bicyclic) bond motifs is 3. The Morgan fingerprint density at radius 1 is 1.13 bits per heavy atom. The Labute approximate surface area is 186 Å². The van der Waals surface area contributed by atoms with Gasteiger partial charge in [0.1, 0.15) is 16.7 Å². The predicted octanol–water partition coefficient (Wildman–Crippen LogP) is 3.62. The summed E-state index contributed by atoms with van der Waals surface area (Å²) in [6, 6.07) is 12.5. The molecule has 7 nitrogen and oxygen atoms in total. The van der Waals surface area contributed by atoms with Gasteiger partial charge >= 0.3 is 6.09 Å². The number of benzene rings is 2. The number of sulfonamides is 1. The average Bonchev–Trinajstić information content (AvgIpc) is 3.28. The Morgan fingerprint density at radius 2 is 1.87 bits per heavy atom. The molecule has 1 aliphatic carbocycles. The number of nitrogens with zero attached hydrogens (tertiary/aromatic N) is 2. The molecule has 2 heterocycles. The molecular formula is C22H23ClN2O5S. The van der Waals surface area contributed by atoms with Gasteiger partial charge in [0.05, 0.1) is 13.2 Å². The van der Waals surface area contributed by atoms with Gasteiger partial charge in [-0.25, -0.2) is 13.2 Å². The summed E-state index contributed by atoms with van der Waals surface area (Å²) in [5, 5.41) is 0.333. The fourth-order valence-electron chi connectivity index (χ4n) is 5.00. The van der Waals surface area contributed by atoms with E-state index >= 15 is 0 Å². The summed E-state index contributed by atoms with van der Waals surface area (Å²) in [5.41, 5.74) is 2.35. The van der Waals surface area contributed by atoms with Crippen molar-refractivity contribution in [2.45, 2.75) is 42.3 Å². The molecule has 2 fully saturated rings. The molecule has 0 aromatic heterocycles. The topological polar surface area (TPSA) is 76.2 Å². The van der Waals surface area contributed by atoms with Crippen LogP contribution in [0.15, 0.2) is 47.4 Å². The Kier molecular flexibility index (Phi) is 5.11. The first-order chi connectivity index (χ1) is 14.9. The zero-order valence-electron chi connectivity index (χ0n) is 17.0. The molecule has 0 saturated carbocycles. The lowest BCUT2D eigenvalue weighted by Gasteiger charge is -2.37. The Hall–Kier alpha value is -2.29. The lowest BCUT2D eigenvalue weighted by molar-refractivity contribution is 0.119. The van der Waals surface area contributed by atoms with Gasteiger partial charge in [-0.15, -0.1) is 0 Å². The van der Waals surface area contributed by atoms with Crippen LogP contribution in [0.2, 0.25) is 5.02 Å². The predicted molar refractivity (Wildman–Crippen MR) is 115 cm³/mol.